The van der Waals surface area contributed by atoms with Crippen LogP contribution in [0.3, 0.4) is 0 Å². The first kappa shape index (κ1) is 13.9. The van der Waals surface area contributed by atoms with E-state index in [0.717, 1.165) is 0 Å². The summed E-state index contributed by atoms with van der Waals surface area (Å²) in [6, 6.07) is 6.07. The van der Waals surface area contributed by atoms with Gasteiger partial charge in [0.1, 0.15) is 0 Å². The molecule has 1 rings (SSSR count). The van der Waals surface area contributed by atoms with Crippen molar-refractivity contribution in [2.24, 2.45) is 5.41 Å². The second-order valence-electron chi connectivity index (χ2n) is 4.81. The lowest BCUT2D eigenvalue weighted by atomic mass is 9.87. The summed E-state index contributed by atoms with van der Waals surface area (Å²) >= 11 is 0. The summed E-state index contributed by atoms with van der Waals surface area (Å²) in [4.78, 5) is 12.1. The molecule has 0 radical (unpaired) electrons. The van der Waals surface area contributed by atoms with Gasteiger partial charge in [-0.2, -0.15) is 0 Å². The van der Waals surface area contributed by atoms with Crippen LogP contribution in [0.15, 0.2) is 29.2 Å². The highest BCUT2D eigenvalue weighted by Gasteiger charge is 2.24. The van der Waals surface area contributed by atoms with E-state index in [4.69, 9.17) is 0 Å². The van der Waals surface area contributed by atoms with Crippen molar-refractivity contribution in [1.29, 1.82) is 0 Å². The van der Waals surface area contributed by atoms with Gasteiger partial charge in [-0.1, -0.05) is 32.9 Å². The lowest BCUT2D eigenvalue weighted by Crippen LogP contribution is -2.22. The van der Waals surface area contributed by atoms with Crippen molar-refractivity contribution in [1.82, 2.24) is 4.72 Å². The van der Waals surface area contributed by atoms with E-state index < -0.39 is 15.4 Å². The molecule has 0 unspecified atom stereocenters. The van der Waals surface area contributed by atoms with Gasteiger partial charge in [-0.25, -0.2) is 13.1 Å². The molecule has 17 heavy (non-hydrogen) atoms. The van der Waals surface area contributed by atoms with Crippen LogP contribution in [-0.4, -0.2) is 21.2 Å². The molecule has 0 aliphatic carbocycles. The third kappa shape index (κ3) is 3.14. The Bertz CT molecular complexity index is 527. The fourth-order valence-electron chi connectivity index (χ4n) is 1.36. The van der Waals surface area contributed by atoms with Crippen molar-refractivity contribution >= 4 is 15.8 Å². The first-order valence-electron chi connectivity index (χ1n) is 5.27. The Morgan fingerprint density at radius 3 is 2.29 bits per heavy atom. The lowest BCUT2D eigenvalue weighted by molar-refractivity contribution is 0.0858. The normalized spacial score (nSPS) is 12.5. The average Bonchev–Trinajstić information content (AvgIpc) is 2.27. The zero-order chi connectivity index (χ0) is 13.3. The van der Waals surface area contributed by atoms with Crippen LogP contribution in [-0.2, 0) is 10.0 Å². The van der Waals surface area contributed by atoms with E-state index >= 15 is 0 Å². The molecule has 1 N–H and O–H groups in total. The van der Waals surface area contributed by atoms with E-state index in [0.29, 0.717) is 5.56 Å². The maximum Gasteiger partial charge on any atom is 0.240 e. The first-order valence-corrected chi connectivity index (χ1v) is 6.75. The quantitative estimate of drug-likeness (QED) is 0.838. The molecule has 0 aromatic heterocycles. The topological polar surface area (TPSA) is 63.2 Å². The predicted molar refractivity (Wildman–Crippen MR) is 66.5 cm³/mol. The molecule has 0 aliphatic rings. The van der Waals surface area contributed by atoms with Gasteiger partial charge in [0, 0.05) is 11.0 Å². The number of benzene rings is 1. The number of carbonyl (C=O) groups is 1. The van der Waals surface area contributed by atoms with Crippen LogP contribution >= 0.6 is 0 Å². The van der Waals surface area contributed by atoms with E-state index in [2.05, 4.69) is 4.72 Å². The number of sulfonamides is 1. The van der Waals surface area contributed by atoms with Crippen LogP contribution in [0.2, 0.25) is 0 Å². The molecule has 0 bridgehead atoms. The Hall–Kier alpha value is -1.20. The fraction of sp³-hybridized carbons (Fsp3) is 0.417. The van der Waals surface area contributed by atoms with Gasteiger partial charge >= 0.3 is 0 Å². The standard InChI is InChI=1S/C12H17NO3S/c1-12(2,3)11(14)9-6-5-7-10(8-9)17(15,16)13-4/h5-8,13H,1-4H3. The largest absolute Gasteiger partial charge is 0.294 e. The molecule has 0 saturated heterocycles. The zero-order valence-electron chi connectivity index (χ0n) is 10.4. The summed E-state index contributed by atoms with van der Waals surface area (Å²) in [7, 11) is -2.16. The number of hydrogen-bond donors (Lipinski definition) is 1. The number of carbonyl (C=O) groups excluding carboxylic acids is 1. The van der Waals surface area contributed by atoms with Gasteiger partial charge in [0.05, 0.1) is 4.90 Å². The van der Waals surface area contributed by atoms with Crippen molar-refractivity contribution in [3.05, 3.63) is 29.8 Å². The molecular weight excluding hydrogens is 238 g/mol. The second kappa shape index (κ2) is 4.58. The smallest absolute Gasteiger partial charge is 0.240 e. The van der Waals surface area contributed by atoms with Gasteiger partial charge in [0.25, 0.3) is 0 Å². The third-order valence-corrected chi connectivity index (χ3v) is 3.77. The highest BCUT2D eigenvalue weighted by molar-refractivity contribution is 7.89. The zero-order valence-corrected chi connectivity index (χ0v) is 11.3. The summed E-state index contributed by atoms with van der Waals surface area (Å²) in [5.41, 5.74) is -0.115. The van der Waals surface area contributed by atoms with Gasteiger partial charge in [-0.15, -0.1) is 0 Å². The van der Waals surface area contributed by atoms with E-state index in [1.165, 1.54) is 19.2 Å². The number of ketones is 1. The van der Waals surface area contributed by atoms with Crippen molar-refractivity contribution < 1.29 is 13.2 Å². The van der Waals surface area contributed by atoms with Gasteiger partial charge in [-0.05, 0) is 19.2 Å². The maximum absolute atomic E-state index is 12.0. The molecular formula is C12H17NO3S. The third-order valence-electron chi connectivity index (χ3n) is 2.36. The molecule has 0 heterocycles. The summed E-state index contributed by atoms with van der Waals surface area (Å²) < 4.78 is 25.4. The fourth-order valence-corrected chi connectivity index (χ4v) is 2.13. The van der Waals surface area contributed by atoms with Crippen LogP contribution in [0.5, 0.6) is 0 Å². The molecule has 1 aromatic carbocycles. The molecule has 1 aromatic rings. The number of Topliss-reactive ketones (excluding diaryl/α,β-unsaturated/α-hetero) is 1. The Kier molecular flexibility index (Phi) is 3.74. The Morgan fingerprint density at radius 1 is 1.24 bits per heavy atom. The molecule has 0 aliphatic heterocycles. The summed E-state index contributed by atoms with van der Waals surface area (Å²) in [5.74, 6) is -0.0781. The highest BCUT2D eigenvalue weighted by Crippen LogP contribution is 2.22. The molecule has 0 saturated carbocycles. The second-order valence-corrected chi connectivity index (χ2v) is 6.70. The van der Waals surface area contributed by atoms with E-state index in [9.17, 15) is 13.2 Å². The van der Waals surface area contributed by atoms with Crippen molar-refractivity contribution in [2.45, 2.75) is 25.7 Å². The SMILES string of the molecule is CNS(=O)(=O)c1cccc(C(=O)C(C)(C)C)c1. The van der Waals surface area contributed by atoms with Gasteiger partial charge < -0.3 is 0 Å². The van der Waals surface area contributed by atoms with Crippen molar-refractivity contribution in [2.75, 3.05) is 7.05 Å². The Morgan fingerprint density at radius 2 is 1.82 bits per heavy atom. The monoisotopic (exact) mass is 255 g/mol. The Labute approximate surface area is 102 Å². The lowest BCUT2D eigenvalue weighted by Gasteiger charge is -2.16. The maximum atomic E-state index is 12.0. The van der Waals surface area contributed by atoms with Crippen LogP contribution < -0.4 is 4.72 Å². The minimum Gasteiger partial charge on any atom is -0.294 e. The van der Waals surface area contributed by atoms with Gasteiger partial charge in [-0.3, -0.25) is 4.79 Å². The molecule has 0 amide bonds. The summed E-state index contributed by atoms with van der Waals surface area (Å²) in [6.07, 6.45) is 0. The van der Waals surface area contributed by atoms with Crippen LogP contribution in [0.1, 0.15) is 31.1 Å². The minimum atomic E-state index is -3.50. The molecule has 0 atom stereocenters. The molecule has 0 spiro atoms. The van der Waals surface area contributed by atoms with E-state index in [-0.39, 0.29) is 10.7 Å². The van der Waals surface area contributed by atoms with Crippen LogP contribution in [0.4, 0.5) is 0 Å². The van der Waals surface area contributed by atoms with E-state index in [1.54, 1.807) is 32.9 Å². The van der Waals surface area contributed by atoms with Crippen molar-refractivity contribution in [3.8, 4) is 0 Å². The summed E-state index contributed by atoms with van der Waals surface area (Å²) in [5, 5.41) is 0. The van der Waals surface area contributed by atoms with Gasteiger partial charge in [0.15, 0.2) is 5.78 Å². The van der Waals surface area contributed by atoms with Gasteiger partial charge in [0.2, 0.25) is 10.0 Å². The number of hydrogen-bond acceptors (Lipinski definition) is 3. The summed E-state index contributed by atoms with van der Waals surface area (Å²) in [6.45, 7) is 5.40. The van der Waals surface area contributed by atoms with E-state index in [1.807, 2.05) is 0 Å². The van der Waals surface area contributed by atoms with Crippen molar-refractivity contribution in [3.63, 3.8) is 0 Å². The van der Waals surface area contributed by atoms with Crippen LogP contribution in [0, 0.1) is 5.41 Å². The highest BCUT2D eigenvalue weighted by atomic mass is 32.2. The molecule has 4 nitrogen and oxygen atoms in total. The number of rotatable bonds is 3. The minimum absolute atomic E-state index is 0.0781. The number of nitrogens with one attached hydrogen (secondary N) is 1. The molecule has 94 valence electrons. The molecule has 0 fully saturated rings. The first-order chi connectivity index (χ1) is 7.68. The average molecular weight is 255 g/mol. The predicted octanol–water partition coefficient (Wildman–Crippen LogP) is 1.82. The van der Waals surface area contributed by atoms with Crippen LogP contribution in [0.25, 0.3) is 0 Å². The Balaban J connectivity index is 3.25. The molecule has 5 heteroatoms.